The van der Waals surface area contributed by atoms with Gasteiger partial charge in [0.25, 0.3) is 0 Å². The fourth-order valence-electron chi connectivity index (χ4n) is 3.97. The Bertz CT molecular complexity index is 482. The molecule has 2 aliphatic carbocycles. The monoisotopic (exact) mass is 304 g/mol. The van der Waals surface area contributed by atoms with Gasteiger partial charge in [0.1, 0.15) is 0 Å². The molecule has 5 heteroatoms. The van der Waals surface area contributed by atoms with Crippen LogP contribution in [0.5, 0.6) is 0 Å². The number of fused-ring (bicyclic) bond motifs is 1. The predicted molar refractivity (Wildman–Crippen MR) is 81.7 cm³/mol. The van der Waals surface area contributed by atoms with Crippen molar-refractivity contribution in [2.45, 2.75) is 51.0 Å². The van der Waals surface area contributed by atoms with Gasteiger partial charge in [0, 0.05) is 26.1 Å². The van der Waals surface area contributed by atoms with E-state index in [4.69, 9.17) is 0 Å². The maximum Gasteiger partial charge on any atom is 0.233 e. The van der Waals surface area contributed by atoms with E-state index < -0.39 is 0 Å². The molecule has 0 aromatic heterocycles. The summed E-state index contributed by atoms with van der Waals surface area (Å²) >= 11 is 0. The molecule has 0 bridgehead atoms. The Kier molecular flexibility index (Phi) is 4.32. The molecule has 3 amide bonds. The van der Waals surface area contributed by atoms with Gasteiger partial charge in [-0.05, 0) is 25.7 Å². The van der Waals surface area contributed by atoms with Gasteiger partial charge in [-0.3, -0.25) is 19.3 Å². The highest BCUT2D eigenvalue weighted by atomic mass is 16.2. The SMILES string of the molecule is CN(C(=O)CCN1C(=O)[C@H]2CC=CC[C@H]2C1=O)C1CCCC1. The van der Waals surface area contributed by atoms with Crippen molar-refractivity contribution in [2.75, 3.05) is 13.6 Å². The number of imide groups is 1. The van der Waals surface area contributed by atoms with E-state index in [0.717, 1.165) is 12.8 Å². The van der Waals surface area contributed by atoms with E-state index in [1.807, 2.05) is 24.1 Å². The molecular weight excluding hydrogens is 280 g/mol. The van der Waals surface area contributed by atoms with E-state index in [1.54, 1.807) is 0 Å². The number of allylic oxidation sites excluding steroid dienone is 2. The summed E-state index contributed by atoms with van der Waals surface area (Å²) < 4.78 is 0. The minimum Gasteiger partial charge on any atom is -0.343 e. The highest BCUT2D eigenvalue weighted by Gasteiger charge is 2.47. The smallest absolute Gasteiger partial charge is 0.233 e. The van der Waals surface area contributed by atoms with Crippen molar-refractivity contribution in [3.63, 3.8) is 0 Å². The van der Waals surface area contributed by atoms with Crippen LogP contribution >= 0.6 is 0 Å². The first-order valence-electron chi connectivity index (χ1n) is 8.35. The summed E-state index contributed by atoms with van der Waals surface area (Å²) in [5, 5.41) is 0. The Hall–Kier alpha value is -1.65. The third-order valence-corrected chi connectivity index (χ3v) is 5.41. The Morgan fingerprint density at radius 1 is 1.14 bits per heavy atom. The molecule has 5 nitrogen and oxygen atoms in total. The first kappa shape index (κ1) is 15.3. The standard InChI is InChI=1S/C17H24N2O3/c1-18(12-6-2-3-7-12)15(20)10-11-19-16(21)13-8-4-5-9-14(13)17(19)22/h4-5,12-14H,2-3,6-11H2,1H3/t13-,14+. The highest BCUT2D eigenvalue weighted by Crippen LogP contribution is 2.35. The molecule has 1 heterocycles. The lowest BCUT2D eigenvalue weighted by Gasteiger charge is -2.25. The van der Waals surface area contributed by atoms with Crippen LogP contribution in [0.15, 0.2) is 12.2 Å². The summed E-state index contributed by atoms with van der Waals surface area (Å²) in [4.78, 5) is 40.1. The van der Waals surface area contributed by atoms with Crippen LogP contribution < -0.4 is 0 Å². The minimum absolute atomic E-state index is 0.0421. The average Bonchev–Trinajstić information content (AvgIpc) is 3.14. The van der Waals surface area contributed by atoms with Crippen molar-refractivity contribution in [1.82, 2.24) is 9.80 Å². The summed E-state index contributed by atoms with van der Waals surface area (Å²) in [6.07, 6.45) is 10.0. The summed E-state index contributed by atoms with van der Waals surface area (Å²) in [6, 6.07) is 0.337. The van der Waals surface area contributed by atoms with Gasteiger partial charge in [0.2, 0.25) is 17.7 Å². The molecule has 1 saturated carbocycles. The van der Waals surface area contributed by atoms with Crippen LogP contribution in [0.3, 0.4) is 0 Å². The molecule has 3 aliphatic rings. The fraction of sp³-hybridized carbons (Fsp3) is 0.706. The van der Waals surface area contributed by atoms with Crippen LogP contribution in [0, 0.1) is 11.8 Å². The van der Waals surface area contributed by atoms with Crippen molar-refractivity contribution >= 4 is 17.7 Å². The van der Waals surface area contributed by atoms with Crippen molar-refractivity contribution < 1.29 is 14.4 Å². The van der Waals surface area contributed by atoms with Crippen molar-refractivity contribution in [3.8, 4) is 0 Å². The maximum atomic E-state index is 12.3. The number of rotatable bonds is 4. The molecule has 0 aromatic rings. The first-order chi connectivity index (χ1) is 10.6. The number of carbonyl (C=O) groups is 3. The summed E-state index contributed by atoms with van der Waals surface area (Å²) in [7, 11) is 1.84. The van der Waals surface area contributed by atoms with Crippen LogP contribution in [0.1, 0.15) is 44.9 Å². The van der Waals surface area contributed by atoms with Crippen LogP contribution in [-0.4, -0.2) is 47.2 Å². The van der Waals surface area contributed by atoms with Gasteiger partial charge < -0.3 is 4.90 Å². The van der Waals surface area contributed by atoms with Gasteiger partial charge in [-0.15, -0.1) is 0 Å². The van der Waals surface area contributed by atoms with Crippen LogP contribution in [0.4, 0.5) is 0 Å². The van der Waals surface area contributed by atoms with Crippen molar-refractivity contribution in [3.05, 3.63) is 12.2 Å². The fourth-order valence-corrected chi connectivity index (χ4v) is 3.97. The molecule has 2 fully saturated rings. The van der Waals surface area contributed by atoms with E-state index in [0.29, 0.717) is 18.9 Å². The lowest BCUT2D eigenvalue weighted by Crippen LogP contribution is -2.39. The van der Waals surface area contributed by atoms with Gasteiger partial charge in [-0.2, -0.15) is 0 Å². The van der Waals surface area contributed by atoms with Gasteiger partial charge in [-0.25, -0.2) is 0 Å². The molecule has 0 spiro atoms. The Morgan fingerprint density at radius 2 is 1.68 bits per heavy atom. The zero-order valence-electron chi connectivity index (χ0n) is 13.2. The molecule has 22 heavy (non-hydrogen) atoms. The third kappa shape index (κ3) is 2.69. The first-order valence-corrected chi connectivity index (χ1v) is 8.35. The minimum atomic E-state index is -0.194. The van der Waals surface area contributed by atoms with Gasteiger partial charge in [0.05, 0.1) is 11.8 Å². The molecule has 0 radical (unpaired) electrons. The maximum absolute atomic E-state index is 12.3. The lowest BCUT2D eigenvalue weighted by molar-refractivity contribution is -0.141. The van der Waals surface area contributed by atoms with Gasteiger partial charge >= 0.3 is 0 Å². The summed E-state index contributed by atoms with van der Waals surface area (Å²) in [6.45, 7) is 0.237. The van der Waals surface area contributed by atoms with E-state index in [2.05, 4.69) is 0 Å². The second kappa shape index (κ2) is 6.23. The summed E-state index contributed by atoms with van der Waals surface area (Å²) in [5.41, 5.74) is 0. The van der Waals surface area contributed by atoms with Gasteiger partial charge in [-0.1, -0.05) is 25.0 Å². The topological polar surface area (TPSA) is 57.7 Å². The number of hydrogen-bond acceptors (Lipinski definition) is 3. The molecule has 1 aliphatic heterocycles. The normalized spacial score (nSPS) is 28.3. The number of likely N-dealkylation sites (tertiary alicyclic amines) is 1. The number of hydrogen-bond donors (Lipinski definition) is 0. The van der Waals surface area contributed by atoms with Crippen molar-refractivity contribution in [2.24, 2.45) is 11.8 Å². The molecule has 0 unspecified atom stereocenters. The van der Waals surface area contributed by atoms with E-state index in [9.17, 15) is 14.4 Å². The molecule has 2 atom stereocenters. The Balaban J connectivity index is 1.56. The van der Waals surface area contributed by atoms with Crippen LogP contribution in [0.25, 0.3) is 0 Å². The molecule has 120 valence electrons. The predicted octanol–water partition coefficient (Wildman–Crippen LogP) is 1.73. The summed E-state index contributed by atoms with van der Waals surface area (Å²) in [5.74, 6) is -0.521. The molecule has 3 rings (SSSR count). The molecule has 1 saturated heterocycles. The number of nitrogens with zero attached hydrogens (tertiary/aromatic N) is 2. The second-order valence-corrected chi connectivity index (χ2v) is 6.68. The largest absolute Gasteiger partial charge is 0.343 e. The lowest BCUT2D eigenvalue weighted by atomic mass is 9.85. The van der Waals surface area contributed by atoms with Crippen LogP contribution in [0.2, 0.25) is 0 Å². The number of amides is 3. The molecule has 0 N–H and O–H groups in total. The molecule has 0 aromatic carbocycles. The van der Waals surface area contributed by atoms with Crippen LogP contribution in [-0.2, 0) is 14.4 Å². The van der Waals surface area contributed by atoms with Gasteiger partial charge in [0.15, 0.2) is 0 Å². The Labute approximate surface area is 131 Å². The number of carbonyl (C=O) groups excluding carboxylic acids is 3. The second-order valence-electron chi connectivity index (χ2n) is 6.68. The quantitative estimate of drug-likeness (QED) is 0.587. The molecular formula is C17H24N2O3. The third-order valence-electron chi connectivity index (χ3n) is 5.41. The highest BCUT2D eigenvalue weighted by molar-refractivity contribution is 6.05. The average molecular weight is 304 g/mol. The zero-order chi connectivity index (χ0) is 15.7. The zero-order valence-corrected chi connectivity index (χ0v) is 13.2. The van der Waals surface area contributed by atoms with Crippen molar-refractivity contribution in [1.29, 1.82) is 0 Å². The Morgan fingerprint density at radius 3 is 2.23 bits per heavy atom. The van der Waals surface area contributed by atoms with E-state index in [-0.39, 0.29) is 42.5 Å². The van der Waals surface area contributed by atoms with E-state index in [1.165, 1.54) is 17.7 Å². The van der Waals surface area contributed by atoms with E-state index >= 15 is 0 Å².